The molecule has 0 aromatic carbocycles. The van der Waals surface area contributed by atoms with Crippen LogP contribution in [-0.2, 0) is 0 Å². The molecule has 0 radical (unpaired) electrons. The van der Waals surface area contributed by atoms with Crippen LogP contribution in [0.3, 0.4) is 0 Å². The summed E-state index contributed by atoms with van der Waals surface area (Å²) in [6.45, 7) is 9.41. The summed E-state index contributed by atoms with van der Waals surface area (Å²) in [7, 11) is 0. The molecule has 1 aromatic heterocycles. The molecule has 0 amide bonds. The molecule has 1 unspecified atom stereocenters. The summed E-state index contributed by atoms with van der Waals surface area (Å²) in [6.07, 6.45) is 5.53. The van der Waals surface area contributed by atoms with E-state index < -0.39 is 0 Å². The largest absolute Gasteiger partial charge is 0.306 e. The van der Waals surface area contributed by atoms with Crippen LogP contribution in [0.2, 0.25) is 0 Å². The van der Waals surface area contributed by atoms with Crippen LogP contribution in [0.15, 0.2) is 17.5 Å². The van der Waals surface area contributed by atoms with E-state index >= 15 is 0 Å². The van der Waals surface area contributed by atoms with E-state index in [-0.39, 0.29) is 0 Å². The zero-order valence-corrected chi connectivity index (χ0v) is 13.7. The van der Waals surface area contributed by atoms with Gasteiger partial charge < -0.3 is 5.32 Å². The normalized spacial score (nSPS) is 26.0. The van der Waals surface area contributed by atoms with Gasteiger partial charge in [0.1, 0.15) is 0 Å². The highest BCUT2D eigenvalue weighted by atomic mass is 32.1. The molecule has 108 valence electrons. The van der Waals surface area contributed by atoms with Gasteiger partial charge in [-0.25, -0.2) is 0 Å². The van der Waals surface area contributed by atoms with Gasteiger partial charge in [-0.1, -0.05) is 33.8 Å². The molecule has 1 aromatic rings. The first-order valence-corrected chi connectivity index (χ1v) is 8.75. The Balaban J connectivity index is 1.89. The average Bonchev–Trinajstić information content (AvgIpc) is 2.89. The molecule has 1 N–H and O–H groups in total. The summed E-state index contributed by atoms with van der Waals surface area (Å²) in [4.78, 5) is 1.50. The fourth-order valence-corrected chi connectivity index (χ4v) is 4.24. The van der Waals surface area contributed by atoms with Crippen molar-refractivity contribution in [1.29, 1.82) is 0 Å². The first-order valence-electron chi connectivity index (χ1n) is 7.87. The van der Waals surface area contributed by atoms with Crippen LogP contribution in [-0.4, -0.2) is 6.04 Å². The number of rotatable bonds is 5. The fraction of sp³-hybridized carbons (Fsp3) is 0.765. The number of hydrogen-bond acceptors (Lipinski definition) is 2. The Bertz CT molecular complexity index is 347. The maximum atomic E-state index is 3.93. The summed E-state index contributed by atoms with van der Waals surface area (Å²) in [5.74, 6) is 2.48. The highest BCUT2D eigenvalue weighted by Gasteiger charge is 2.26. The molecular weight excluding hydrogens is 250 g/mol. The van der Waals surface area contributed by atoms with E-state index in [9.17, 15) is 0 Å². The Morgan fingerprint density at radius 2 is 1.79 bits per heavy atom. The number of thiophene rings is 1. The van der Waals surface area contributed by atoms with Crippen molar-refractivity contribution in [1.82, 2.24) is 5.32 Å². The van der Waals surface area contributed by atoms with Crippen LogP contribution in [0.4, 0.5) is 0 Å². The number of hydrogen-bond donors (Lipinski definition) is 1. The quantitative estimate of drug-likeness (QED) is 0.776. The zero-order valence-electron chi connectivity index (χ0n) is 12.9. The maximum absolute atomic E-state index is 3.93. The lowest BCUT2D eigenvalue weighted by Crippen LogP contribution is -2.38. The van der Waals surface area contributed by atoms with Gasteiger partial charge >= 0.3 is 0 Å². The minimum absolute atomic E-state index is 0.542. The van der Waals surface area contributed by atoms with E-state index in [1.807, 2.05) is 11.3 Å². The lowest BCUT2D eigenvalue weighted by molar-refractivity contribution is 0.219. The lowest BCUT2D eigenvalue weighted by atomic mass is 9.79. The molecule has 0 spiro atoms. The molecule has 0 saturated heterocycles. The van der Waals surface area contributed by atoms with E-state index in [1.165, 1.54) is 30.6 Å². The van der Waals surface area contributed by atoms with Gasteiger partial charge in [-0.15, -0.1) is 11.3 Å². The summed E-state index contributed by atoms with van der Waals surface area (Å²) >= 11 is 1.89. The highest BCUT2D eigenvalue weighted by molar-refractivity contribution is 7.10. The summed E-state index contributed by atoms with van der Waals surface area (Å²) in [5, 5.41) is 6.12. The van der Waals surface area contributed by atoms with Crippen molar-refractivity contribution in [3.05, 3.63) is 22.4 Å². The molecule has 1 saturated carbocycles. The lowest BCUT2D eigenvalue weighted by Gasteiger charge is -2.34. The van der Waals surface area contributed by atoms with Crippen molar-refractivity contribution in [3.8, 4) is 0 Å². The minimum atomic E-state index is 0.542. The van der Waals surface area contributed by atoms with Gasteiger partial charge in [-0.3, -0.25) is 0 Å². The first-order chi connectivity index (χ1) is 9.08. The standard InChI is InChI=1S/C17H29NS/c1-12(2)14-7-9-15(10-8-14)18-17(13(3)4)16-6-5-11-19-16/h5-6,11-15,17-18H,7-10H2,1-4H3. The van der Waals surface area contributed by atoms with Crippen molar-refractivity contribution in [2.45, 2.75) is 65.5 Å². The van der Waals surface area contributed by atoms with Crippen LogP contribution in [0.1, 0.15) is 64.3 Å². The molecule has 1 nitrogen and oxygen atoms in total. The van der Waals surface area contributed by atoms with Gasteiger partial charge in [0.05, 0.1) is 0 Å². The first kappa shape index (κ1) is 15.1. The smallest absolute Gasteiger partial charge is 0.0440 e. The van der Waals surface area contributed by atoms with E-state index in [2.05, 4.69) is 50.5 Å². The third-order valence-corrected chi connectivity index (χ3v) is 5.60. The predicted molar refractivity (Wildman–Crippen MR) is 85.6 cm³/mol. The fourth-order valence-electron chi connectivity index (χ4n) is 3.28. The minimum Gasteiger partial charge on any atom is -0.306 e. The third kappa shape index (κ3) is 4.06. The van der Waals surface area contributed by atoms with Crippen LogP contribution >= 0.6 is 11.3 Å². The molecule has 1 atom stereocenters. The Morgan fingerprint density at radius 3 is 2.26 bits per heavy atom. The van der Waals surface area contributed by atoms with Gasteiger partial charge in [0, 0.05) is 17.0 Å². The van der Waals surface area contributed by atoms with E-state index in [1.54, 1.807) is 0 Å². The van der Waals surface area contributed by atoms with Crippen molar-refractivity contribution < 1.29 is 0 Å². The van der Waals surface area contributed by atoms with Gasteiger partial charge in [0.25, 0.3) is 0 Å². The van der Waals surface area contributed by atoms with Crippen molar-refractivity contribution in [2.75, 3.05) is 0 Å². The molecule has 1 aliphatic rings. The zero-order chi connectivity index (χ0) is 13.8. The Labute approximate surface area is 122 Å². The second-order valence-corrected chi connectivity index (χ2v) is 7.74. The Morgan fingerprint density at radius 1 is 1.11 bits per heavy atom. The van der Waals surface area contributed by atoms with Gasteiger partial charge in [-0.2, -0.15) is 0 Å². The van der Waals surface area contributed by atoms with E-state index in [0.717, 1.165) is 17.9 Å². The van der Waals surface area contributed by atoms with Gasteiger partial charge in [-0.05, 0) is 54.9 Å². The molecule has 1 aliphatic carbocycles. The van der Waals surface area contributed by atoms with Crippen molar-refractivity contribution in [2.24, 2.45) is 17.8 Å². The molecule has 2 rings (SSSR count). The second-order valence-electron chi connectivity index (χ2n) is 6.76. The summed E-state index contributed by atoms with van der Waals surface area (Å²) in [5.41, 5.74) is 0. The molecular formula is C17H29NS. The molecule has 0 bridgehead atoms. The van der Waals surface area contributed by atoms with Crippen LogP contribution in [0.25, 0.3) is 0 Å². The number of nitrogens with one attached hydrogen (secondary N) is 1. The SMILES string of the molecule is CC(C)C1CCC(NC(c2cccs2)C(C)C)CC1. The van der Waals surface area contributed by atoms with E-state index in [0.29, 0.717) is 12.0 Å². The van der Waals surface area contributed by atoms with Gasteiger partial charge in [0.15, 0.2) is 0 Å². The highest BCUT2D eigenvalue weighted by Crippen LogP contribution is 2.33. The summed E-state index contributed by atoms with van der Waals surface area (Å²) < 4.78 is 0. The van der Waals surface area contributed by atoms with Crippen LogP contribution < -0.4 is 5.32 Å². The molecule has 1 heterocycles. The van der Waals surface area contributed by atoms with Crippen LogP contribution in [0.5, 0.6) is 0 Å². The molecule has 19 heavy (non-hydrogen) atoms. The second kappa shape index (κ2) is 6.90. The van der Waals surface area contributed by atoms with Gasteiger partial charge in [0.2, 0.25) is 0 Å². The monoisotopic (exact) mass is 279 g/mol. The average molecular weight is 279 g/mol. The third-order valence-electron chi connectivity index (χ3n) is 4.65. The predicted octanol–water partition coefficient (Wildman–Crippen LogP) is 5.25. The molecule has 0 aliphatic heterocycles. The molecule has 2 heteroatoms. The van der Waals surface area contributed by atoms with Crippen molar-refractivity contribution in [3.63, 3.8) is 0 Å². The summed E-state index contributed by atoms with van der Waals surface area (Å²) in [6, 6.07) is 5.72. The van der Waals surface area contributed by atoms with Crippen LogP contribution in [0, 0.1) is 17.8 Å². The van der Waals surface area contributed by atoms with Crippen molar-refractivity contribution >= 4 is 11.3 Å². The van der Waals surface area contributed by atoms with E-state index in [4.69, 9.17) is 0 Å². The Hall–Kier alpha value is -0.340. The topological polar surface area (TPSA) is 12.0 Å². The Kier molecular flexibility index (Phi) is 5.47. The maximum Gasteiger partial charge on any atom is 0.0440 e. The molecule has 1 fully saturated rings.